The van der Waals surface area contributed by atoms with E-state index in [9.17, 15) is 19.1 Å². The maximum Gasteiger partial charge on any atom is 0.295 e. The van der Waals surface area contributed by atoms with Gasteiger partial charge in [-0.3, -0.25) is 9.59 Å². The Morgan fingerprint density at radius 3 is 2.62 bits per heavy atom. The summed E-state index contributed by atoms with van der Waals surface area (Å²) in [6.45, 7) is -0.0685. The number of Topliss-reactive ketones (excluding diaryl/α,β-unsaturated/α-hetero) is 1. The van der Waals surface area contributed by atoms with Gasteiger partial charge in [0.25, 0.3) is 11.7 Å². The smallest absolute Gasteiger partial charge is 0.295 e. The standard InChI is InChI=1S/C21H19ClFNO5/c1-29-16-7-6-13(11-15(16)23)19(26)17-18(12-4-2-5-14(22)10-12)24(8-3-9-25)21(28)20(17)27/h2,4-7,10-11,18,25-26H,3,8-9H2,1H3/t18-/m0/s1. The molecule has 29 heavy (non-hydrogen) atoms. The summed E-state index contributed by atoms with van der Waals surface area (Å²) in [7, 11) is 1.31. The molecule has 1 heterocycles. The summed E-state index contributed by atoms with van der Waals surface area (Å²) < 4.78 is 19.0. The molecular formula is C21H19ClFNO5. The SMILES string of the molecule is COc1ccc(C(O)=C2C(=O)C(=O)N(CCCO)[C@H]2c2cccc(Cl)c2)cc1F. The lowest BCUT2D eigenvalue weighted by Crippen LogP contribution is -2.31. The fourth-order valence-electron chi connectivity index (χ4n) is 3.34. The summed E-state index contributed by atoms with van der Waals surface area (Å²) in [6, 6.07) is 9.41. The third kappa shape index (κ3) is 3.97. The van der Waals surface area contributed by atoms with Crippen molar-refractivity contribution in [1.29, 1.82) is 0 Å². The van der Waals surface area contributed by atoms with Gasteiger partial charge in [0.2, 0.25) is 0 Å². The van der Waals surface area contributed by atoms with Crippen LogP contribution in [0.3, 0.4) is 0 Å². The highest BCUT2D eigenvalue weighted by Gasteiger charge is 2.45. The zero-order valence-corrected chi connectivity index (χ0v) is 16.3. The lowest BCUT2D eigenvalue weighted by Gasteiger charge is -2.25. The number of aliphatic hydroxyl groups excluding tert-OH is 2. The first kappa shape index (κ1) is 20.8. The third-order valence-electron chi connectivity index (χ3n) is 4.69. The average Bonchev–Trinajstić information content (AvgIpc) is 2.96. The molecule has 1 aliphatic rings. The van der Waals surface area contributed by atoms with Gasteiger partial charge < -0.3 is 19.8 Å². The number of likely N-dealkylation sites (tertiary alicyclic amines) is 1. The van der Waals surface area contributed by atoms with Crippen LogP contribution in [0.4, 0.5) is 4.39 Å². The molecule has 0 unspecified atom stereocenters. The second-order valence-electron chi connectivity index (χ2n) is 6.47. The van der Waals surface area contributed by atoms with Crippen LogP contribution in [-0.4, -0.2) is 47.1 Å². The molecule has 1 atom stereocenters. The van der Waals surface area contributed by atoms with Gasteiger partial charge in [-0.15, -0.1) is 0 Å². The summed E-state index contributed by atoms with van der Waals surface area (Å²) >= 11 is 6.08. The Labute approximate surface area is 171 Å². The van der Waals surface area contributed by atoms with E-state index in [2.05, 4.69) is 0 Å². The number of amides is 1. The van der Waals surface area contributed by atoms with Crippen LogP contribution < -0.4 is 4.74 Å². The number of halogens is 2. The van der Waals surface area contributed by atoms with Crippen LogP contribution in [0.1, 0.15) is 23.6 Å². The van der Waals surface area contributed by atoms with Crippen molar-refractivity contribution in [3.05, 3.63) is 70.0 Å². The lowest BCUT2D eigenvalue weighted by atomic mass is 9.95. The lowest BCUT2D eigenvalue weighted by molar-refractivity contribution is -0.140. The van der Waals surface area contributed by atoms with Crippen molar-refractivity contribution < 1.29 is 28.9 Å². The van der Waals surface area contributed by atoms with E-state index in [4.69, 9.17) is 21.4 Å². The van der Waals surface area contributed by atoms with Crippen LogP contribution in [-0.2, 0) is 9.59 Å². The van der Waals surface area contributed by atoms with E-state index in [1.165, 1.54) is 24.1 Å². The molecule has 0 aliphatic carbocycles. The topological polar surface area (TPSA) is 87.1 Å². The van der Waals surface area contributed by atoms with Crippen LogP contribution in [0.5, 0.6) is 5.75 Å². The summed E-state index contributed by atoms with van der Waals surface area (Å²) in [5.74, 6) is -2.93. The highest BCUT2D eigenvalue weighted by Crippen LogP contribution is 2.40. The minimum Gasteiger partial charge on any atom is -0.507 e. The van der Waals surface area contributed by atoms with E-state index >= 15 is 0 Å². The molecule has 0 aromatic heterocycles. The highest BCUT2D eigenvalue weighted by molar-refractivity contribution is 6.46. The summed E-state index contributed by atoms with van der Waals surface area (Å²) in [5.41, 5.74) is 0.389. The van der Waals surface area contributed by atoms with Gasteiger partial charge in [-0.1, -0.05) is 23.7 Å². The second-order valence-corrected chi connectivity index (χ2v) is 6.91. The molecule has 152 valence electrons. The molecule has 3 rings (SSSR count). The zero-order valence-electron chi connectivity index (χ0n) is 15.6. The number of aliphatic hydroxyl groups is 2. The Balaban J connectivity index is 2.17. The Morgan fingerprint density at radius 1 is 1.24 bits per heavy atom. The maximum atomic E-state index is 14.1. The number of methoxy groups -OCH3 is 1. The monoisotopic (exact) mass is 419 g/mol. The molecule has 1 fully saturated rings. The molecule has 2 N–H and O–H groups in total. The number of carbonyl (C=O) groups excluding carboxylic acids is 2. The number of ketones is 1. The molecule has 1 aliphatic heterocycles. The second kappa shape index (κ2) is 8.63. The molecule has 0 radical (unpaired) electrons. The van der Waals surface area contributed by atoms with Crippen molar-refractivity contribution in [2.45, 2.75) is 12.5 Å². The van der Waals surface area contributed by atoms with Gasteiger partial charge in [-0.05, 0) is 42.3 Å². The van der Waals surface area contributed by atoms with Gasteiger partial charge >= 0.3 is 0 Å². The Bertz CT molecular complexity index is 991. The van der Waals surface area contributed by atoms with E-state index in [0.717, 1.165) is 6.07 Å². The van der Waals surface area contributed by atoms with Crippen molar-refractivity contribution in [3.63, 3.8) is 0 Å². The minimum absolute atomic E-state index is 0.0173. The molecule has 6 nitrogen and oxygen atoms in total. The molecule has 0 bridgehead atoms. The summed E-state index contributed by atoms with van der Waals surface area (Å²) in [4.78, 5) is 26.6. The van der Waals surface area contributed by atoms with Crippen molar-refractivity contribution in [2.75, 3.05) is 20.3 Å². The van der Waals surface area contributed by atoms with Crippen LogP contribution >= 0.6 is 11.6 Å². The predicted octanol–water partition coefficient (Wildman–Crippen LogP) is 3.29. The molecule has 8 heteroatoms. The Hall–Kier alpha value is -2.90. The average molecular weight is 420 g/mol. The molecule has 0 saturated carbocycles. The molecular weight excluding hydrogens is 401 g/mol. The summed E-state index contributed by atoms with van der Waals surface area (Å²) in [5, 5.41) is 20.4. The summed E-state index contributed by atoms with van der Waals surface area (Å²) in [6.07, 6.45) is 0.251. The van der Waals surface area contributed by atoms with E-state index in [1.54, 1.807) is 24.3 Å². The third-order valence-corrected chi connectivity index (χ3v) is 4.92. The first-order valence-corrected chi connectivity index (χ1v) is 9.25. The highest BCUT2D eigenvalue weighted by atomic mass is 35.5. The number of hydrogen-bond donors (Lipinski definition) is 2. The molecule has 1 amide bonds. The normalized spacial score (nSPS) is 18.3. The molecule has 2 aromatic carbocycles. The largest absolute Gasteiger partial charge is 0.507 e. The van der Waals surface area contributed by atoms with Crippen molar-refractivity contribution in [3.8, 4) is 5.75 Å². The number of ether oxygens (including phenoxy) is 1. The number of hydrogen-bond acceptors (Lipinski definition) is 5. The van der Waals surface area contributed by atoms with Gasteiger partial charge in [-0.25, -0.2) is 4.39 Å². The maximum absolute atomic E-state index is 14.1. The fraction of sp³-hybridized carbons (Fsp3) is 0.238. The first-order chi connectivity index (χ1) is 13.9. The number of nitrogens with zero attached hydrogens (tertiary/aromatic N) is 1. The molecule has 2 aromatic rings. The van der Waals surface area contributed by atoms with Crippen LogP contribution in [0.15, 0.2) is 48.0 Å². The van der Waals surface area contributed by atoms with Crippen molar-refractivity contribution in [2.24, 2.45) is 0 Å². The van der Waals surface area contributed by atoms with Gasteiger partial charge in [0, 0.05) is 23.7 Å². The molecule has 1 saturated heterocycles. The predicted molar refractivity (Wildman–Crippen MR) is 105 cm³/mol. The number of carbonyl (C=O) groups is 2. The first-order valence-electron chi connectivity index (χ1n) is 8.87. The Kier molecular flexibility index (Phi) is 6.20. The van der Waals surface area contributed by atoms with Crippen LogP contribution in [0, 0.1) is 5.82 Å². The van der Waals surface area contributed by atoms with E-state index in [1.807, 2.05) is 0 Å². The van der Waals surface area contributed by atoms with Gasteiger partial charge in [0.05, 0.1) is 18.7 Å². The Morgan fingerprint density at radius 2 is 2.00 bits per heavy atom. The van der Waals surface area contributed by atoms with Gasteiger partial charge in [0.1, 0.15) is 5.76 Å². The zero-order chi connectivity index (χ0) is 21.1. The van der Waals surface area contributed by atoms with E-state index in [0.29, 0.717) is 10.6 Å². The van der Waals surface area contributed by atoms with Crippen molar-refractivity contribution >= 4 is 29.1 Å². The quantitative estimate of drug-likeness (QED) is 0.426. The molecule has 0 spiro atoms. The fourth-order valence-corrected chi connectivity index (χ4v) is 3.54. The van der Waals surface area contributed by atoms with Crippen molar-refractivity contribution in [1.82, 2.24) is 4.90 Å². The van der Waals surface area contributed by atoms with Gasteiger partial charge in [-0.2, -0.15) is 0 Å². The number of benzene rings is 2. The van der Waals surface area contributed by atoms with Crippen LogP contribution in [0.2, 0.25) is 5.02 Å². The van der Waals surface area contributed by atoms with Gasteiger partial charge in [0.15, 0.2) is 11.6 Å². The van der Waals surface area contributed by atoms with E-state index < -0.39 is 29.3 Å². The van der Waals surface area contributed by atoms with Crippen LogP contribution in [0.25, 0.3) is 5.76 Å². The minimum atomic E-state index is -0.912. The van der Waals surface area contributed by atoms with E-state index in [-0.39, 0.29) is 36.5 Å². The number of rotatable bonds is 6.